The number of anilines is 1. The lowest BCUT2D eigenvalue weighted by molar-refractivity contribution is 0.102. The molecule has 0 atom stereocenters. The van der Waals surface area contributed by atoms with Gasteiger partial charge in [0, 0.05) is 22.4 Å². The highest BCUT2D eigenvalue weighted by Gasteiger charge is 2.29. The van der Waals surface area contributed by atoms with Crippen LogP contribution in [0.15, 0.2) is 34.2 Å². The second-order valence-electron chi connectivity index (χ2n) is 5.56. The molecule has 0 aliphatic heterocycles. The van der Waals surface area contributed by atoms with Crippen LogP contribution >= 0.6 is 11.3 Å². The Kier molecular flexibility index (Phi) is 3.42. The Morgan fingerprint density at radius 2 is 2.04 bits per heavy atom. The minimum absolute atomic E-state index is 0.183. The van der Waals surface area contributed by atoms with Crippen LogP contribution in [0.5, 0.6) is 0 Å². The summed E-state index contributed by atoms with van der Waals surface area (Å²) in [5, 5.41) is 9.28. The SMILES string of the molecule is Cc1csc(NC(=O)c2ccc(-c3noc(C4CC4)n3)cc2)n1. The molecular formula is C16H14N4O2S. The predicted octanol–water partition coefficient (Wildman–Crippen LogP) is 3.63. The summed E-state index contributed by atoms with van der Waals surface area (Å²) in [5.74, 6) is 1.52. The number of benzene rings is 1. The van der Waals surface area contributed by atoms with Crippen molar-refractivity contribution in [3.05, 3.63) is 46.8 Å². The Labute approximate surface area is 136 Å². The van der Waals surface area contributed by atoms with E-state index in [4.69, 9.17) is 4.52 Å². The molecule has 1 amide bonds. The van der Waals surface area contributed by atoms with E-state index in [1.165, 1.54) is 11.3 Å². The minimum atomic E-state index is -0.183. The number of rotatable bonds is 4. The van der Waals surface area contributed by atoms with Crippen molar-refractivity contribution in [3.63, 3.8) is 0 Å². The Morgan fingerprint density at radius 3 is 2.70 bits per heavy atom. The topological polar surface area (TPSA) is 80.9 Å². The highest BCUT2D eigenvalue weighted by atomic mass is 32.1. The monoisotopic (exact) mass is 326 g/mol. The van der Waals surface area contributed by atoms with E-state index < -0.39 is 0 Å². The van der Waals surface area contributed by atoms with E-state index in [9.17, 15) is 4.79 Å². The maximum atomic E-state index is 12.2. The zero-order chi connectivity index (χ0) is 15.8. The molecule has 23 heavy (non-hydrogen) atoms. The van der Waals surface area contributed by atoms with Crippen LogP contribution in [0.3, 0.4) is 0 Å². The quantitative estimate of drug-likeness (QED) is 0.792. The fourth-order valence-electron chi connectivity index (χ4n) is 2.20. The molecule has 2 heterocycles. The summed E-state index contributed by atoms with van der Waals surface area (Å²) in [4.78, 5) is 20.8. The smallest absolute Gasteiger partial charge is 0.257 e. The lowest BCUT2D eigenvalue weighted by atomic mass is 10.1. The maximum absolute atomic E-state index is 12.2. The molecule has 4 rings (SSSR count). The van der Waals surface area contributed by atoms with Crippen molar-refractivity contribution in [3.8, 4) is 11.4 Å². The minimum Gasteiger partial charge on any atom is -0.339 e. The summed E-state index contributed by atoms with van der Waals surface area (Å²) in [6.45, 7) is 1.89. The number of thiazole rings is 1. The Bertz CT molecular complexity index is 849. The van der Waals surface area contributed by atoms with Crippen molar-refractivity contribution in [2.24, 2.45) is 0 Å². The molecule has 2 aromatic heterocycles. The first-order valence-electron chi connectivity index (χ1n) is 7.36. The average molecular weight is 326 g/mol. The number of carbonyl (C=O) groups excluding carboxylic acids is 1. The second-order valence-corrected chi connectivity index (χ2v) is 6.41. The van der Waals surface area contributed by atoms with Gasteiger partial charge >= 0.3 is 0 Å². The van der Waals surface area contributed by atoms with E-state index in [0.29, 0.717) is 28.3 Å². The molecule has 1 saturated carbocycles. The third kappa shape index (κ3) is 3.00. The van der Waals surface area contributed by atoms with Crippen molar-refractivity contribution < 1.29 is 9.32 Å². The molecule has 6 nitrogen and oxygen atoms in total. The zero-order valence-corrected chi connectivity index (χ0v) is 13.3. The first-order chi connectivity index (χ1) is 11.2. The van der Waals surface area contributed by atoms with Gasteiger partial charge in [0.05, 0.1) is 5.69 Å². The molecule has 1 N–H and O–H groups in total. The van der Waals surface area contributed by atoms with Gasteiger partial charge in [-0.25, -0.2) is 4.98 Å². The number of aromatic nitrogens is 3. The van der Waals surface area contributed by atoms with Gasteiger partial charge < -0.3 is 4.52 Å². The lowest BCUT2D eigenvalue weighted by Gasteiger charge is -2.02. The van der Waals surface area contributed by atoms with Crippen LogP contribution in [0.25, 0.3) is 11.4 Å². The van der Waals surface area contributed by atoms with Gasteiger partial charge in [-0.2, -0.15) is 4.98 Å². The average Bonchev–Trinajstić information content (AvgIpc) is 3.15. The van der Waals surface area contributed by atoms with Crippen molar-refractivity contribution in [2.75, 3.05) is 5.32 Å². The van der Waals surface area contributed by atoms with Gasteiger partial charge in [0.15, 0.2) is 5.13 Å². The molecule has 7 heteroatoms. The highest BCUT2D eigenvalue weighted by Crippen LogP contribution is 2.39. The molecule has 1 aromatic carbocycles. The van der Waals surface area contributed by atoms with Gasteiger partial charge in [-0.15, -0.1) is 11.3 Å². The number of amides is 1. The molecule has 116 valence electrons. The summed E-state index contributed by atoms with van der Waals surface area (Å²) >= 11 is 1.41. The fourth-order valence-corrected chi connectivity index (χ4v) is 2.88. The summed E-state index contributed by atoms with van der Waals surface area (Å²) < 4.78 is 5.25. The van der Waals surface area contributed by atoms with Gasteiger partial charge in [-0.1, -0.05) is 17.3 Å². The first-order valence-corrected chi connectivity index (χ1v) is 8.24. The van der Waals surface area contributed by atoms with E-state index in [1.54, 1.807) is 12.1 Å². The van der Waals surface area contributed by atoms with Gasteiger partial charge in [-0.3, -0.25) is 10.1 Å². The Balaban J connectivity index is 1.49. The normalized spacial score (nSPS) is 14.0. The summed E-state index contributed by atoms with van der Waals surface area (Å²) in [5.41, 5.74) is 2.29. The van der Waals surface area contributed by atoms with Crippen LogP contribution in [-0.2, 0) is 0 Å². The van der Waals surface area contributed by atoms with Gasteiger partial charge in [0.1, 0.15) is 0 Å². The number of nitrogens with one attached hydrogen (secondary N) is 1. The van der Waals surface area contributed by atoms with Crippen molar-refractivity contribution in [1.82, 2.24) is 15.1 Å². The zero-order valence-electron chi connectivity index (χ0n) is 12.4. The third-order valence-corrected chi connectivity index (χ3v) is 4.49. The number of hydrogen-bond donors (Lipinski definition) is 1. The van der Waals surface area contributed by atoms with Gasteiger partial charge in [0.25, 0.3) is 5.91 Å². The summed E-state index contributed by atoms with van der Waals surface area (Å²) in [6, 6.07) is 7.14. The van der Waals surface area contributed by atoms with Gasteiger partial charge in [0.2, 0.25) is 11.7 Å². The number of carbonyl (C=O) groups is 1. The van der Waals surface area contributed by atoms with E-state index in [1.807, 2.05) is 24.4 Å². The molecule has 3 aromatic rings. The summed E-state index contributed by atoms with van der Waals surface area (Å²) in [7, 11) is 0. The number of hydrogen-bond acceptors (Lipinski definition) is 6. The van der Waals surface area contributed by atoms with Crippen LogP contribution in [0, 0.1) is 6.92 Å². The molecule has 1 aliphatic carbocycles. The molecule has 0 radical (unpaired) electrons. The van der Waals surface area contributed by atoms with Crippen LogP contribution in [0.4, 0.5) is 5.13 Å². The molecule has 0 spiro atoms. The van der Waals surface area contributed by atoms with E-state index in [0.717, 1.165) is 24.1 Å². The van der Waals surface area contributed by atoms with Crippen LogP contribution in [0.1, 0.15) is 40.7 Å². The van der Waals surface area contributed by atoms with E-state index in [-0.39, 0.29) is 5.91 Å². The standard InChI is InChI=1S/C16H14N4O2S/c1-9-8-23-16(17-9)19-14(21)11-4-2-10(3-5-11)13-18-15(22-20-13)12-6-7-12/h2-5,8,12H,6-7H2,1H3,(H,17,19,21). The molecule has 0 unspecified atom stereocenters. The molecular weight excluding hydrogens is 312 g/mol. The number of nitrogens with zero attached hydrogens (tertiary/aromatic N) is 3. The van der Waals surface area contributed by atoms with Crippen LogP contribution in [-0.4, -0.2) is 21.0 Å². The molecule has 1 fully saturated rings. The predicted molar refractivity (Wildman–Crippen MR) is 86.5 cm³/mol. The fraction of sp³-hybridized carbons (Fsp3) is 0.250. The molecule has 0 bridgehead atoms. The second kappa shape index (κ2) is 5.58. The molecule has 0 saturated heterocycles. The summed E-state index contributed by atoms with van der Waals surface area (Å²) in [6.07, 6.45) is 2.24. The van der Waals surface area contributed by atoms with Crippen LogP contribution in [0.2, 0.25) is 0 Å². The Morgan fingerprint density at radius 1 is 1.26 bits per heavy atom. The van der Waals surface area contributed by atoms with Crippen LogP contribution < -0.4 is 5.32 Å². The third-order valence-electron chi connectivity index (χ3n) is 3.61. The van der Waals surface area contributed by atoms with Crippen molar-refractivity contribution >= 4 is 22.4 Å². The number of aryl methyl sites for hydroxylation is 1. The van der Waals surface area contributed by atoms with E-state index >= 15 is 0 Å². The first kappa shape index (κ1) is 14.1. The van der Waals surface area contributed by atoms with Gasteiger partial charge in [-0.05, 0) is 31.9 Å². The largest absolute Gasteiger partial charge is 0.339 e. The highest BCUT2D eigenvalue weighted by molar-refractivity contribution is 7.13. The van der Waals surface area contributed by atoms with E-state index in [2.05, 4.69) is 20.4 Å². The van der Waals surface area contributed by atoms with Crippen molar-refractivity contribution in [1.29, 1.82) is 0 Å². The maximum Gasteiger partial charge on any atom is 0.257 e. The van der Waals surface area contributed by atoms with Crippen molar-refractivity contribution in [2.45, 2.75) is 25.7 Å². The Hall–Kier alpha value is -2.54. The molecule has 1 aliphatic rings. The lowest BCUT2D eigenvalue weighted by Crippen LogP contribution is -2.11.